The number of imidazole rings is 1. The predicted molar refractivity (Wildman–Crippen MR) is 116 cm³/mol. The number of para-hydroxylation sites is 3. The Hall–Kier alpha value is -3.47. The van der Waals surface area contributed by atoms with Gasteiger partial charge in [-0.25, -0.2) is 4.98 Å². The van der Waals surface area contributed by atoms with E-state index in [0.29, 0.717) is 0 Å². The van der Waals surface area contributed by atoms with Gasteiger partial charge in [-0.05, 0) is 48.9 Å². The molecule has 5 heteroatoms. The second-order valence-corrected chi connectivity index (χ2v) is 7.09. The lowest BCUT2D eigenvalue weighted by Gasteiger charge is -2.40. The van der Waals surface area contributed by atoms with Gasteiger partial charge in [0, 0.05) is 17.8 Å². The Morgan fingerprint density at radius 3 is 2.45 bits per heavy atom. The summed E-state index contributed by atoms with van der Waals surface area (Å²) in [4.78, 5) is 7.41. The minimum Gasteiger partial charge on any atom is -0.493 e. The van der Waals surface area contributed by atoms with Crippen LogP contribution in [0.1, 0.15) is 18.7 Å². The number of nitrogens with zero attached hydrogens (tertiary/aromatic N) is 3. The van der Waals surface area contributed by atoms with E-state index in [1.165, 1.54) is 5.69 Å². The molecule has 1 aromatic heterocycles. The SMILES string of the molecule is CCN1c2ccccc2-c2nc3ccccc3n2[C@@H]1c1ccc(OC)c(OC)c1. The molecule has 146 valence electrons. The lowest BCUT2D eigenvalue weighted by Crippen LogP contribution is -2.37. The number of hydrogen-bond acceptors (Lipinski definition) is 4. The van der Waals surface area contributed by atoms with Crippen molar-refractivity contribution in [2.45, 2.75) is 13.1 Å². The van der Waals surface area contributed by atoms with Crippen LogP contribution < -0.4 is 14.4 Å². The van der Waals surface area contributed by atoms with Crippen molar-refractivity contribution in [3.8, 4) is 22.9 Å². The van der Waals surface area contributed by atoms with Gasteiger partial charge in [0.05, 0.1) is 25.3 Å². The second-order valence-electron chi connectivity index (χ2n) is 7.09. The topological polar surface area (TPSA) is 39.5 Å². The molecule has 0 radical (unpaired) electrons. The van der Waals surface area contributed by atoms with Crippen LogP contribution in [0.4, 0.5) is 5.69 Å². The number of rotatable bonds is 4. The molecule has 1 atom stereocenters. The molecule has 2 heterocycles. The number of methoxy groups -OCH3 is 2. The minimum atomic E-state index is -0.0305. The summed E-state index contributed by atoms with van der Waals surface area (Å²) < 4.78 is 13.4. The van der Waals surface area contributed by atoms with E-state index in [1.54, 1.807) is 14.2 Å². The summed E-state index contributed by atoms with van der Waals surface area (Å²) in [7, 11) is 3.33. The summed E-state index contributed by atoms with van der Waals surface area (Å²) >= 11 is 0. The number of benzene rings is 3. The molecule has 0 spiro atoms. The Bertz CT molecular complexity index is 1200. The monoisotopic (exact) mass is 385 g/mol. The zero-order chi connectivity index (χ0) is 20.0. The van der Waals surface area contributed by atoms with Crippen molar-refractivity contribution in [1.82, 2.24) is 9.55 Å². The number of ether oxygens (including phenoxy) is 2. The van der Waals surface area contributed by atoms with E-state index >= 15 is 0 Å². The van der Waals surface area contributed by atoms with Crippen LogP contribution in [0.2, 0.25) is 0 Å². The summed E-state index contributed by atoms with van der Waals surface area (Å²) in [5, 5.41) is 0. The summed E-state index contributed by atoms with van der Waals surface area (Å²) in [6.07, 6.45) is -0.0305. The molecule has 0 saturated carbocycles. The van der Waals surface area contributed by atoms with Crippen LogP contribution in [0.3, 0.4) is 0 Å². The summed E-state index contributed by atoms with van der Waals surface area (Å²) in [5.41, 5.74) is 5.60. The van der Waals surface area contributed by atoms with Crippen LogP contribution in [-0.2, 0) is 0 Å². The summed E-state index contributed by atoms with van der Waals surface area (Å²) in [6, 6.07) is 23.0. The first kappa shape index (κ1) is 17.6. The molecule has 0 bridgehead atoms. The first-order valence-electron chi connectivity index (χ1n) is 9.81. The quantitative estimate of drug-likeness (QED) is 0.490. The highest BCUT2D eigenvalue weighted by molar-refractivity contribution is 5.87. The minimum absolute atomic E-state index is 0.0305. The highest BCUT2D eigenvalue weighted by Gasteiger charge is 2.33. The molecule has 0 aliphatic carbocycles. The smallest absolute Gasteiger partial charge is 0.161 e. The standard InChI is InChI=1S/C24H23N3O2/c1-4-26-19-11-7-5-9-17(19)23-25-18-10-6-8-12-20(18)27(23)24(26)16-13-14-21(28-2)22(15-16)29-3/h5-15,24H,4H2,1-3H3/t24-/m1/s1. The van der Waals surface area contributed by atoms with Crippen LogP contribution in [0.15, 0.2) is 66.7 Å². The maximum Gasteiger partial charge on any atom is 0.161 e. The molecule has 1 aliphatic heterocycles. The molecule has 5 nitrogen and oxygen atoms in total. The third-order valence-electron chi connectivity index (χ3n) is 5.64. The Balaban J connectivity index is 1.82. The molecule has 0 amide bonds. The van der Waals surface area contributed by atoms with Crippen molar-refractivity contribution in [1.29, 1.82) is 0 Å². The van der Waals surface area contributed by atoms with Gasteiger partial charge >= 0.3 is 0 Å². The lowest BCUT2D eigenvalue weighted by atomic mass is 10.0. The molecular weight excluding hydrogens is 362 g/mol. The van der Waals surface area contributed by atoms with E-state index < -0.39 is 0 Å². The van der Waals surface area contributed by atoms with Crippen molar-refractivity contribution in [2.24, 2.45) is 0 Å². The molecule has 0 N–H and O–H groups in total. The molecule has 0 saturated heterocycles. The fourth-order valence-corrected chi connectivity index (χ4v) is 4.35. The molecule has 4 aromatic rings. The van der Waals surface area contributed by atoms with E-state index in [4.69, 9.17) is 14.5 Å². The average Bonchev–Trinajstić information content (AvgIpc) is 3.17. The molecule has 0 fully saturated rings. The normalized spacial score (nSPS) is 15.1. The van der Waals surface area contributed by atoms with Gasteiger partial charge < -0.3 is 14.4 Å². The van der Waals surface area contributed by atoms with Crippen molar-refractivity contribution >= 4 is 16.7 Å². The number of hydrogen-bond donors (Lipinski definition) is 0. The zero-order valence-electron chi connectivity index (χ0n) is 16.8. The van der Waals surface area contributed by atoms with Gasteiger partial charge in [-0.2, -0.15) is 0 Å². The fourth-order valence-electron chi connectivity index (χ4n) is 4.35. The largest absolute Gasteiger partial charge is 0.493 e. The molecular formula is C24H23N3O2. The number of anilines is 1. The fraction of sp³-hybridized carbons (Fsp3) is 0.208. The average molecular weight is 385 g/mol. The van der Waals surface area contributed by atoms with Crippen molar-refractivity contribution in [2.75, 3.05) is 25.7 Å². The van der Waals surface area contributed by atoms with Crippen molar-refractivity contribution < 1.29 is 9.47 Å². The van der Waals surface area contributed by atoms with Crippen LogP contribution in [0.5, 0.6) is 11.5 Å². The highest BCUT2D eigenvalue weighted by atomic mass is 16.5. The molecule has 5 rings (SSSR count). The van der Waals surface area contributed by atoms with Crippen LogP contribution in [0, 0.1) is 0 Å². The Morgan fingerprint density at radius 1 is 0.897 bits per heavy atom. The molecule has 1 aliphatic rings. The molecule has 0 unspecified atom stereocenters. The third-order valence-corrected chi connectivity index (χ3v) is 5.64. The molecule has 3 aromatic carbocycles. The Kier molecular flexibility index (Phi) is 4.16. The van der Waals surface area contributed by atoms with Gasteiger partial charge in [0.15, 0.2) is 11.5 Å². The zero-order valence-corrected chi connectivity index (χ0v) is 16.8. The van der Waals surface area contributed by atoms with Gasteiger partial charge in [0.1, 0.15) is 12.0 Å². The summed E-state index contributed by atoms with van der Waals surface area (Å²) in [5.74, 6) is 2.45. The maximum absolute atomic E-state index is 5.59. The van der Waals surface area contributed by atoms with E-state index in [1.807, 2.05) is 12.1 Å². The number of fused-ring (bicyclic) bond motifs is 5. The van der Waals surface area contributed by atoms with E-state index in [9.17, 15) is 0 Å². The lowest BCUT2D eigenvalue weighted by molar-refractivity contribution is 0.354. The predicted octanol–water partition coefficient (Wildman–Crippen LogP) is 5.11. The van der Waals surface area contributed by atoms with Crippen LogP contribution in [0.25, 0.3) is 22.4 Å². The van der Waals surface area contributed by atoms with Crippen molar-refractivity contribution in [3.63, 3.8) is 0 Å². The van der Waals surface area contributed by atoms with E-state index in [2.05, 4.69) is 71.0 Å². The van der Waals surface area contributed by atoms with E-state index in [-0.39, 0.29) is 6.17 Å². The van der Waals surface area contributed by atoms with E-state index in [0.717, 1.165) is 46.0 Å². The number of aromatic nitrogens is 2. The van der Waals surface area contributed by atoms with Crippen molar-refractivity contribution in [3.05, 3.63) is 72.3 Å². The van der Waals surface area contributed by atoms with Gasteiger partial charge in [0.25, 0.3) is 0 Å². The van der Waals surface area contributed by atoms with Gasteiger partial charge in [-0.1, -0.05) is 30.3 Å². The first-order chi connectivity index (χ1) is 14.3. The van der Waals surface area contributed by atoms with Gasteiger partial charge in [0.2, 0.25) is 0 Å². The van der Waals surface area contributed by atoms with Gasteiger partial charge in [-0.3, -0.25) is 4.57 Å². The van der Waals surface area contributed by atoms with Gasteiger partial charge in [-0.15, -0.1) is 0 Å². The second kappa shape index (κ2) is 6.85. The van der Waals surface area contributed by atoms with Crippen LogP contribution >= 0.6 is 0 Å². The Morgan fingerprint density at radius 2 is 1.66 bits per heavy atom. The van der Waals surface area contributed by atoms with Crippen LogP contribution in [-0.4, -0.2) is 30.3 Å². The first-order valence-corrected chi connectivity index (χ1v) is 9.81. The maximum atomic E-state index is 5.59. The summed E-state index contributed by atoms with van der Waals surface area (Å²) in [6.45, 7) is 3.05. The Labute approximate surface area is 170 Å². The molecule has 29 heavy (non-hydrogen) atoms. The third kappa shape index (κ3) is 2.58. The highest BCUT2D eigenvalue weighted by Crippen LogP contribution is 2.45.